The van der Waals surface area contributed by atoms with Crippen molar-refractivity contribution in [1.82, 2.24) is 0 Å². The first-order valence-corrected chi connectivity index (χ1v) is 11.2. The Morgan fingerprint density at radius 2 is 1.14 bits per heavy atom. The lowest BCUT2D eigenvalue weighted by Crippen LogP contribution is -1.95. The molecule has 0 saturated heterocycles. The van der Waals surface area contributed by atoms with Crippen LogP contribution < -0.4 is 0 Å². The molecule has 3 rings (SSSR count). The molecule has 0 N–H and O–H groups in total. The van der Waals surface area contributed by atoms with Gasteiger partial charge in [0.25, 0.3) is 0 Å². The smallest absolute Gasteiger partial charge is 0.132 e. The van der Waals surface area contributed by atoms with E-state index in [0.29, 0.717) is 0 Å². The Morgan fingerprint density at radius 3 is 1.45 bits per heavy atom. The molecule has 0 unspecified atom stereocenters. The first-order chi connectivity index (χ1) is 10.5. The molecule has 0 radical (unpaired) electrons. The predicted octanol–water partition coefficient (Wildman–Crippen LogP) is 7.15. The number of thiol groups is 2. The summed E-state index contributed by atoms with van der Waals surface area (Å²) in [7, 11) is 0. The SMILES string of the molecule is S=c1sc(S)c(Cc2ccccc2Cc2sc(=S)sc2S)s1. The second-order valence-electron chi connectivity index (χ2n) is 4.49. The quantitative estimate of drug-likeness (QED) is 0.330. The van der Waals surface area contributed by atoms with Gasteiger partial charge in [0, 0.05) is 22.6 Å². The standard InChI is InChI=1S/C14H10S8/c15-11-9(19-13(17)21-11)5-7-3-1-2-4-8(7)6-10-12(16)22-14(18)20-10/h1-4,15-16H,5-6H2. The Bertz CT molecular complexity index is 832. The molecule has 0 bridgehead atoms. The molecule has 1 aromatic carbocycles. The highest BCUT2D eigenvalue weighted by Gasteiger charge is 2.11. The summed E-state index contributed by atoms with van der Waals surface area (Å²) in [6.07, 6.45) is 1.76. The predicted molar refractivity (Wildman–Crippen MR) is 113 cm³/mol. The van der Waals surface area contributed by atoms with Crippen LogP contribution >= 0.6 is 95.0 Å². The Hall–Kier alpha value is 0.460. The van der Waals surface area contributed by atoms with E-state index in [4.69, 9.17) is 24.4 Å². The van der Waals surface area contributed by atoms with Gasteiger partial charge in [-0.2, -0.15) is 0 Å². The van der Waals surface area contributed by atoms with E-state index in [1.54, 1.807) is 45.3 Å². The third kappa shape index (κ3) is 4.10. The van der Waals surface area contributed by atoms with E-state index in [1.165, 1.54) is 20.9 Å². The number of rotatable bonds is 4. The van der Waals surface area contributed by atoms with Crippen molar-refractivity contribution >= 4 is 95.0 Å². The maximum atomic E-state index is 5.26. The fourth-order valence-corrected chi connectivity index (χ4v) is 8.55. The minimum Gasteiger partial charge on any atom is -0.132 e. The van der Waals surface area contributed by atoms with Crippen LogP contribution in [0.4, 0.5) is 0 Å². The molecule has 3 aromatic rings. The van der Waals surface area contributed by atoms with E-state index in [1.807, 2.05) is 0 Å². The van der Waals surface area contributed by atoms with Crippen molar-refractivity contribution < 1.29 is 0 Å². The van der Waals surface area contributed by atoms with Gasteiger partial charge in [0.1, 0.15) is 6.28 Å². The Balaban J connectivity index is 1.93. The molecule has 0 spiro atoms. The van der Waals surface area contributed by atoms with Gasteiger partial charge in [-0.1, -0.05) is 48.7 Å². The second kappa shape index (κ2) is 7.57. The van der Waals surface area contributed by atoms with Crippen LogP contribution in [0.1, 0.15) is 20.9 Å². The topological polar surface area (TPSA) is 0 Å². The van der Waals surface area contributed by atoms with Crippen molar-refractivity contribution in [2.24, 2.45) is 0 Å². The van der Waals surface area contributed by atoms with Gasteiger partial charge in [-0.3, -0.25) is 0 Å². The fourth-order valence-electron chi connectivity index (χ4n) is 2.07. The molecule has 8 heteroatoms. The molecule has 0 aliphatic carbocycles. The summed E-state index contributed by atoms with van der Waals surface area (Å²) in [5.74, 6) is 0. The zero-order valence-electron chi connectivity index (χ0n) is 11.1. The maximum Gasteiger partial charge on any atom is 0.145 e. The fraction of sp³-hybridized carbons (Fsp3) is 0.143. The normalized spacial score (nSPS) is 11.0. The number of hydrogen-bond donors (Lipinski definition) is 2. The zero-order chi connectivity index (χ0) is 15.7. The Kier molecular flexibility index (Phi) is 5.94. The molecule has 0 aliphatic heterocycles. The minimum atomic E-state index is 0.879. The highest BCUT2D eigenvalue weighted by atomic mass is 32.2. The van der Waals surface area contributed by atoms with Gasteiger partial charge >= 0.3 is 0 Å². The lowest BCUT2D eigenvalue weighted by Gasteiger charge is -2.08. The number of hydrogen-bond acceptors (Lipinski definition) is 8. The van der Waals surface area contributed by atoms with Crippen LogP contribution in [0.15, 0.2) is 32.7 Å². The summed E-state index contributed by atoms with van der Waals surface area (Å²) in [5.41, 5.74) is 2.64. The van der Waals surface area contributed by atoms with Gasteiger partial charge in [0.15, 0.2) is 0 Å². The van der Waals surface area contributed by atoms with Crippen LogP contribution in [0.2, 0.25) is 0 Å². The van der Waals surface area contributed by atoms with Crippen molar-refractivity contribution in [1.29, 1.82) is 0 Å². The van der Waals surface area contributed by atoms with Gasteiger partial charge in [-0.15, -0.1) is 70.6 Å². The largest absolute Gasteiger partial charge is 0.145 e. The van der Waals surface area contributed by atoms with Crippen LogP contribution in [-0.4, -0.2) is 0 Å². The molecule has 0 atom stereocenters. The van der Waals surface area contributed by atoms with Crippen LogP contribution in [0, 0.1) is 6.28 Å². The Labute approximate surface area is 166 Å². The van der Waals surface area contributed by atoms with Crippen molar-refractivity contribution in [3.8, 4) is 0 Å². The first kappa shape index (κ1) is 17.3. The summed E-state index contributed by atoms with van der Waals surface area (Å²) < 4.78 is 3.94. The molecule has 0 fully saturated rings. The average Bonchev–Trinajstić information content (AvgIpc) is 2.94. The second-order valence-corrected chi connectivity index (χ2v) is 12.6. The van der Waals surface area contributed by atoms with E-state index in [9.17, 15) is 0 Å². The lowest BCUT2D eigenvalue weighted by molar-refractivity contribution is 1.10. The van der Waals surface area contributed by atoms with Crippen LogP contribution in [0.3, 0.4) is 0 Å². The molecule has 2 aromatic heterocycles. The van der Waals surface area contributed by atoms with Crippen molar-refractivity contribution in [2.45, 2.75) is 21.3 Å². The van der Waals surface area contributed by atoms with Crippen LogP contribution in [0.5, 0.6) is 0 Å². The average molecular weight is 435 g/mol. The first-order valence-electron chi connectivity index (χ1n) is 6.23. The minimum absolute atomic E-state index is 0.879. The van der Waals surface area contributed by atoms with Crippen LogP contribution in [-0.2, 0) is 12.8 Å². The Morgan fingerprint density at radius 1 is 0.727 bits per heavy atom. The van der Waals surface area contributed by atoms with Crippen molar-refractivity contribution in [3.63, 3.8) is 0 Å². The van der Waals surface area contributed by atoms with E-state index >= 15 is 0 Å². The highest BCUT2D eigenvalue weighted by molar-refractivity contribution is 7.85. The van der Waals surface area contributed by atoms with E-state index < -0.39 is 0 Å². The van der Waals surface area contributed by atoms with Gasteiger partial charge in [-0.25, -0.2) is 0 Å². The van der Waals surface area contributed by atoms with Gasteiger partial charge < -0.3 is 0 Å². The van der Waals surface area contributed by atoms with E-state index in [-0.39, 0.29) is 0 Å². The number of benzene rings is 1. The summed E-state index contributed by atoms with van der Waals surface area (Å²) in [5, 5.41) is 0. The third-order valence-corrected chi connectivity index (χ3v) is 9.45. The van der Waals surface area contributed by atoms with Crippen LogP contribution in [0.25, 0.3) is 0 Å². The van der Waals surface area contributed by atoms with Crippen molar-refractivity contribution in [3.05, 3.63) is 51.4 Å². The van der Waals surface area contributed by atoms with Gasteiger partial charge in [0.05, 0.1) is 8.42 Å². The molecular weight excluding hydrogens is 425 g/mol. The maximum absolute atomic E-state index is 5.26. The van der Waals surface area contributed by atoms with E-state index in [2.05, 4.69) is 49.5 Å². The molecule has 0 amide bonds. The van der Waals surface area contributed by atoms with E-state index in [0.717, 1.165) is 27.5 Å². The third-order valence-electron chi connectivity index (χ3n) is 3.07. The van der Waals surface area contributed by atoms with Gasteiger partial charge in [0.2, 0.25) is 0 Å². The summed E-state index contributed by atoms with van der Waals surface area (Å²) in [4.78, 5) is 2.49. The highest BCUT2D eigenvalue weighted by Crippen LogP contribution is 2.33. The van der Waals surface area contributed by atoms with Crippen molar-refractivity contribution in [2.75, 3.05) is 0 Å². The lowest BCUT2D eigenvalue weighted by atomic mass is 10.0. The van der Waals surface area contributed by atoms with Gasteiger partial charge in [-0.05, 0) is 11.1 Å². The molecule has 0 nitrogen and oxygen atoms in total. The summed E-state index contributed by atoms with van der Waals surface area (Å²) in [6.45, 7) is 0. The molecular formula is C14H10S8. The molecule has 2 heterocycles. The summed E-state index contributed by atoms with van der Waals surface area (Å²) in [6, 6.07) is 8.53. The molecule has 0 saturated carbocycles. The molecule has 114 valence electrons. The monoisotopic (exact) mass is 434 g/mol. The molecule has 0 aliphatic rings. The summed E-state index contributed by atoms with van der Waals surface area (Å²) >= 11 is 26.1. The molecule has 22 heavy (non-hydrogen) atoms. The zero-order valence-corrected chi connectivity index (χ0v) is 17.8.